The van der Waals surface area contributed by atoms with Gasteiger partial charge in [-0.25, -0.2) is 0 Å². The molecule has 0 aliphatic carbocycles. The summed E-state index contributed by atoms with van der Waals surface area (Å²) in [6.07, 6.45) is 0. The molecule has 118 valence electrons. The quantitative estimate of drug-likeness (QED) is 0.839. The van der Waals surface area contributed by atoms with Crippen molar-refractivity contribution in [1.82, 2.24) is 0 Å². The fraction of sp³-hybridized carbons (Fsp3) is 0.316. The van der Waals surface area contributed by atoms with Gasteiger partial charge in [0.25, 0.3) is 5.91 Å². The van der Waals surface area contributed by atoms with Crippen LogP contribution in [0.1, 0.15) is 33.7 Å². The number of nitrogens with one attached hydrogen (secondary N) is 1. The Morgan fingerprint density at radius 1 is 1.09 bits per heavy atom. The van der Waals surface area contributed by atoms with E-state index in [4.69, 9.17) is 4.74 Å². The molecule has 1 atom stereocenters. The Morgan fingerprint density at radius 3 is 2.50 bits per heavy atom. The van der Waals surface area contributed by atoms with Gasteiger partial charge in [0, 0.05) is 7.11 Å². The molecule has 3 nitrogen and oxygen atoms in total. The number of para-hydroxylation sites is 1. The third-order valence-electron chi connectivity index (χ3n) is 3.81. The standard InChI is InChI=1S/C19H23NO2.H2/c1-14(2)15(3)16-8-7-11-18(12-16)22-13-19(21)20-17-9-5-4-6-10-17;/h4-12,14-15H,13H2,1-3H3,(H,20,21);1H. The van der Waals surface area contributed by atoms with Gasteiger partial charge >= 0.3 is 0 Å². The average Bonchev–Trinajstić information content (AvgIpc) is 2.53. The van der Waals surface area contributed by atoms with E-state index in [0.29, 0.717) is 11.8 Å². The lowest BCUT2D eigenvalue weighted by Crippen LogP contribution is -2.20. The molecule has 0 saturated carbocycles. The zero-order valence-electron chi connectivity index (χ0n) is 13.4. The highest BCUT2D eigenvalue weighted by Crippen LogP contribution is 2.26. The smallest absolute Gasteiger partial charge is 0.262 e. The Kier molecular flexibility index (Phi) is 5.59. The summed E-state index contributed by atoms with van der Waals surface area (Å²) in [5.41, 5.74) is 2.01. The van der Waals surface area contributed by atoms with Crippen LogP contribution in [0.4, 0.5) is 5.69 Å². The maximum Gasteiger partial charge on any atom is 0.262 e. The number of anilines is 1. The summed E-state index contributed by atoms with van der Waals surface area (Å²) in [5.74, 6) is 1.60. The van der Waals surface area contributed by atoms with Gasteiger partial charge in [-0.05, 0) is 41.7 Å². The summed E-state index contributed by atoms with van der Waals surface area (Å²) in [6.45, 7) is 6.61. The first-order valence-electron chi connectivity index (χ1n) is 7.64. The monoisotopic (exact) mass is 299 g/mol. The molecule has 0 aliphatic heterocycles. The Hall–Kier alpha value is -2.29. The molecule has 22 heavy (non-hydrogen) atoms. The summed E-state index contributed by atoms with van der Waals surface area (Å²) >= 11 is 0. The van der Waals surface area contributed by atoms with Gasteiger partial charge in [-0.1, -0.05) is 51.1 Å². The lowest BCUT2D eigenvalue weighted by Gasteiger charge is -2.17. The minimum Gasteiger partial charge on any atom is -0.484 e. The molecule has 3 heteroatoms. The van der Waals surface area contributed by atoms with Crippen LogP contribution in [0.15, 0.2) is 54.6 Å². The van der Waals surface area contributed by atoms with E-state index in [1.807, 2.05) is 48.5 Å². The van der Waals surface area contributed by atoms with Crippen molar-refractivity contribution >= 4 is 11.6 Å². The number of hydrogen-bond acceptors (Lipinski definition) is 2. The van der Waals surface area contributed by atoms with Gasteiger partial charge in [0.15, 0.2) is 6.61 Å². The lowest BCUT2D eigenvalue weighted by atomic mass is 9.90. The largest absolute Gasteiger partial charge is 0.484 e. The van der Waals surface area contributed by atoms with E-state index >= 15 is 0 Å². The topological polar surface area (TPSA) is 38.3 Å². The van der Waals surface area contributed by atoms with Crippen molar-refractivity contribution in [3.63, 3.8) is 0 Å². The first-order valence-corrected chi connectivity index (χ1v) is 7.64. The van der Waals surface area contributed by atoms with E-state index in [2.05, 4.69) is 32.2 Å². The Morgan fingerprint density at radius 2 is 1.82 bits per heavy atom. The molecule has 1 N–H and O–H groups in total. The minimum atomic E-state index is -0.159. The molecule has 0 radical (unpaired) electrons. The summed E-state index contributed by atoms with van der Waals surface area (Å²) in [4.78, 5) is 11.9. The third kappa shape index (κ3) is 4.62. The molecular weight excluding hydrogens is 274 g/mol. The van der Waals surface area contributed by atoms with Gasteiger partial charge in [-0.2, -0.15) is 0 Å². The molecule has 2 aromatic rings. The molecule has 0 heterocycles. The summed E-state index contributed by atoms with van der Waals surface area (Å²) in [6, 6.07) is 17.3. The van der Waals surface area contributed by atoms with Gasteiger partial charge in [-0.3, -0.25) is 4.79 Å². The second-order valence-corrected chi connectivity index (χ2v) is 5.81. The van der Waals surface area contributed by atoms with Crippen LogP contribution in [-0.4, -0.2) is 12.5 Å². The molecule has 0 spiro atoms. The minimum absolute atomic E-state index is 0. The van der Waals surface area contributed by atoms with E-state index in [1.54, 1.807) is 0 Å². The van der Waals surface area contributed by atoms with E-state index in [-0.39, 0.29) is 13.9 Å². The molecule has 0 bridgehead atoms. The van der Waals surface area contributed by atoms with Crippen molar-refractivity contribution in [3.05, 3.63) is 60.2 Å². The fourth-order valence-electron chi connectivity index (χ4n) is 2.14. The van der Waals surface area contributed by atoms with Gasteiger partial charge in [0.2, 0.25) is 0 Å². The molecule has 0 fully saturated rings. The molecule has 0 aromatic heterocycles. The normalized spacial score (nSPS) is 12.0. The molecule has 1 unspecified atom stereocenters. The summed E-state index contributed by atoms with van der Waals surface area (Å²) in [5, 5.41) is 2.80. The van der Waals surface area contributed by atoms with Crippen molar-refractivity contribution in [2.24, 2.45) is 5.92 Å². The molecule has 1 amide bonds. The SMILES string of the molecule is CC(C)C(C)c1cccc(OCC(=O)Nc2ccccc2)c1.[HH]. The predicted molar refractivity (Wildman–Crippen MR) is 92.4 cm³/mol. The highest BCUT2D eigenvalue weighted by atomic mass is 16.5. The molecule has 0 saturated heterocycles. The highest BCUT2D eigenvalue weighted by molar-refractivity contribution is 5.91. The van der Waals surface area contributed by atoms with Crippen LogP contribution in [0.2, 0.25) is 0 Å². The maximum absolute atomic E-state index is 11.9. The van der Waals surface area contributed by atoms with E-state index in [1.165, 1.54) is 5.56 Å². The number of amides is 1. The second-order valence-electron chi connectivity index (χ2n) is 5.81. The Bertz CT molecular complexity index is 614. The molecular formula is C19H25NO2. The van der Waals surface area contributed by atoms with Crippen LogP contribution >= 0.6 is 0 Å². The first-order chi connectivity index (χ1) is 10.6. The number of benzene rings is 2. The summed E-state index contributed by atoms with van der Waals surface area (Å²) in [7, 11) is 0. The van der Waals surface area contributed by atoms with Crippen LogP contribution in [0, 0.1) is 5.92 Å². The van der Waals surface area contributed by atoms with Gasteiger partial charge < -0.3 is 10.1 Å². The van der Waals surface area contributed by atoms with Crippen LogP contribution in [-0.2, 0) is 4.79 Å². The Labute approximate surface area is 133 Å². The highest BCUT2D eigenvalue weighted by Gasteiger charge is 2.11. The first kappa shape index (κ1) is 16.1. The zero-order valence-corrected chi connectivity index (χ0v) is 13.4. The van der Waals surface area contributed by atoms with Crippen molar-refractivity contribution in [2.45, 2.75) is 26.7 Å². The van der Waals surface area contributed by atoms with E-state index < -0.39 is 0 Å². The number of hydrogen-bond donors (Lipinski definition) is 1. The summed E-state index contributed by atoms with van der Waals surface area (Å²) < 4.78 is 5.60. The van der Waals surface area contributed by atoms with Gasteiger partial charge in [-0.15, -0.1) is 0 Å². The van der Waals surface area contributed by atoms with E-state index in [0.717, 1.165) is 11.4 Å². The zero-order chi connectivity index (χ0) is 15.9. The number of rotatable bonds is 6. The number of ether oxygens (including phenoxy) is 1. The number of carbonyl (C=O) groups is 1. The van der Waals surface area contributed by atoms with Crippen LogP contribution in [0.5, 0.6) is 5.75 Å². The van der Waals surface area contributed by atoms with E-state index in [9.17, 15) is 4.79 Å². The van der Waals surface area contributed by atoms with Crippen molar-refractivity contribution in [1.29, 1.82) is 0 Å². The average molecular weight is 299 g/mol. The Balaban J connectivity index is 0.00000264. The predicted octanol–water partition coefficient (Wildman–Crippen LogP) is 4.71. The van der Waals surface area contributed by atoms with Crippen LogP contribution in [0.3, 0.4) is 0 Å². The third-order valence-corrected chi connectivity index (χ3v) is 3.81. The maximum atomic E-state index is 11.9. The van der Waals surface area contributed by atoms with Crippen molar-refractivity contribution < 1.29 is 11.0 Å². The molecule has 0 aliphatic rings. The molecule has 2 rings (SSSR count). The second kappa shape index (κ2) is 7.64. The number of carbonyl (C=O) groups excluding carboxylic acids is 1. The van der Waals surface area contributed by atoms with Crippen LogP contribution < -0.4 is 10.1 Å². The fourth-order valence-corrected chi connectivity index (χ4v) is 2.14. The van der Waals surface area contributed by atoms with Gasteiger partial charge in [0.1, 0.15) is 5.75 Å². The van der Waals surface area contributed by atoms with Crippen molar-refractivity contribution in [3.8, 4) is 5.75 Å². The van der Waals surface area contributed by atoms with Gasteiger partial charge in [0.05, 0.1) is 0 Å². The van der Waals surface area contributed by atoms with Crippen LogP contribution in [0.25, 0.3) is 0 Å². The molecule has 2 aromatic carbocycles. The lowest BCUT2D eigenvalue weighted by molar-refractivity contribution is -0.118. The van der Waals surface area contributed by atoms with Crippen molar-refractivity contribution in [2.75, 3.05) is 11.9 Å².